The molecule has 100 valence electrons. The molecule has 19 heavy (non-hydrogen) atoms. The van der Waals surface area contributed by atoms with Crippen molar-refractivity contribution in [2.75, 3.05) is 11.9 Å². The van der Waals surface area contributed by atoms with Crippen LogP contribution in [0.15, 0.2) is 24.3 Å². The summed E-state index contributed by atoms with van der Waals surface area (Å²) >= 11 is 1.05. The Kier molecular flexibility index (Phi) is 3.80. The molecule has 0 aliphatic carbocycles. The van der Waals surface area contributed by atoms with Crippen LogP contribution in [0, 0.1) is 5.82 Å². The first-order chi connectivity index (χ1) is 9.04. The molecule has 2 aromatic rings. The van der Waals surface area contributed by atoms with Crippen molar-refractivity contribution in [2.24, 2.45) is 0 Å². The summed E-state index contributed by atoms with van der Waals surface area (Å²) in [6.45, 7) is 1.84. The van der Waals surface area contributed by atoms with Crippen molar-refractivity contribution in [1.29, 1.82) is 0 Å². The summed E-state index contributed by atoms with van der Waals surface area (Å²) in [5.41, 5.74) is 0.895. The zero-order chi connectivity index (χ0) is 14.0. The number of rotatable bonds is 4. The van der Waals surface area contributed by atoms with E-state index < -0.39 is 5.97 Å². The van der Waals surface area contributed by atoms with Crippen LogP contribution in [0.25, 0.3) is 0 Å². The van der Waals surface area contributed by atoms with Gasteiger partial charge in [0.15, 0.2) is 5.13 Å². The average Bonchev–Trinajstić information content (AvgIpc) is 2.83. The number of benzene rings is 1. The van der Waals surface area contributed by atoms with E-state index in [1.165, 1.54) is 6.07 Å². The van der Waals surface area contributed by atoms with Gasteiger partial charge in [-0.05, 0) is 18.6 Å². The van der Waals surface area contributed by atoms with Gasteiger partial charge in [0.25, 0.3) is 0 Å². The minimum absolute atomic E-state index is 0.209. The van der Waals surface area contributed by atoms with Crippen LogP contribution in [0.4, 0.5) is 15.2 Å². The highest BCUT2D eigenvalue weighted by atomic mass is 32.1. The van der Waals surface area contributed by atoms with Gasteiger partial charge < -0.3 is 10.0 Å². The summed E-state index contributed by atoms with van der Waals surface area (Å²) in [7, 11) is 1.67. The molecule has 0 aliphatic heterocycles. The molecule has 0 amide bonds. The lowest BCUT2D eigenvalue weighted by atomic mass is 10.3. The maximum Gasteiger partial charge on any atom is 0.347 e. The Bertz CT molecular complexity index is 612. The fraction of sp³-hybridized carbons (Fsp3) is 0.231. The number of thiazole rings is 1. The number of halogens is 1. The highest BCUT2D eigenvalue weighted by Gasteiger charge is 2.19. The number of aromatic nitrogens is 1. The molecule has 2 rings (SSSR count). The van der Waals surface area contributed by atoms with Crippen LogP contribution in [-0.4, -0.2) is 23.1 Å². The molecule has 1 aromatic carbocycles. The molecule has 0 saturated carbocycles. The number of carboxylic acids is 1. The van der Waals surface area contributed by atoms with Crippen LogP contribution in [0.2, 0.25) is 0 Å². The fourth-order valence-corrected chi connectivity index (χ4v) is 2.68. The predicted octanol–water partition coefficient (Wildman–Crippen LogP) is 3.31. The third-order valence-corrected chi connectivity index (χ3v) is 3.88. The van der Waals surface area contributed by atoms with Gasteiger partial charge in [-0.1, -0.05) is 30.4 Å². The number of carbonyl (C=O) groups is 1. The van der Waals surface area contributed by atoms with E-state index >= 15 is 0 Å². The molecule has 0 unspecified atom stereocenters. The average molecular weight is 280 g/mol. The van der Waals surface area contributed by atoms with Crippen molar-refractivity contribution in [3.8, 4) is 0 Å². The monoisotopic (exact) mass is 280 g/mol. The first-order valence-electron chi connectivity index (χ1n) is 5.75. The first-order valence-corrected chi connectivity index (χ1v) is 6.57. The Hall–Kier alpha value is -1.95. The zero-order valence-corrected chi connectivity index (χ0v) is 11.4. The van der Waals surface area contributed by atoms with Crippen molar-refractivity contribution in [1.82, 2.24) is 4.98 Å². The largest absolute Gasteiger partial charge is 0.477 e. The number of aryl methyl sites for hydroxylation is 1. The summed E-state index contributed by atoms with van der Waals surface area (Å²) < 4.78 is 13.7. The van der Waals surface area contributed by atoms with Gasteiger partial charge in [-0.2, -0.15) is 0 Å². The molecular weight excluding hydrogens is 267 g/mol. The molecule has 0 fully saturated rings. The van der Waals surface area contributed by atoms with E-state index in [1.54, 1.807) is 30.1 Å². The van der Waals surface area contributed by atoms with Gasteiger partial charge in [-0.15, -0.1) is 0 Å². The SMILES string of the molecule is CCc1nc(N(C)c2ccccc2F)sc1C(=O)O. The Balaban J connectivity index is 2.42. The maximum atomic E-state index is 13.7. The molecule has 0 spiro atoms. The van der Waals surface area contributed by atoms with Crippen molar-refractivity contribution in [3.63, 3.8) is 0 Å². The first kappa shape index (κ1) is 13.5. The van der Waals surface area contributed by atoms with E-state index in [4.69, 9.17) is 5.11 Å². The molecule has 0 radical (unpaired) electrons. The van der Waals surface area contributed by atoms with Gasteiger partial charge in [0, 0.05) is 7.05 Å². The maximum absolute atomic E-state index is 13.7. The van der Waals surface area contributed by atoms with Gasteiger partial charge in [-0.25, -0.2) is 14.2 Å². The minimum atomic E-state index is -0.998. The van der Waals surface area contributed by atoms with E-state index in [-0.39, 0.29) is 10.7 Å². The minimum Gasteiger partial charge on any atom is -0.477 e. The van der Waals surface area contributed by atoms with Crippen LogP contribution in [-0.2, 0) is 6.42 Å². The molecule has 0 aliphatic rings. The second kappa shape index (κ2) is 5.36. The van der Waals surface area contributed by atoms with E-state index in [2.05, 4.69) is 4.98 Å². The smallest absolute Gasteiger partial charge is 0.347 e. The Morgan fingerprint density at radius 1 is 1.47 bits per heavy atom. The second-order valence-electron chi connectivity index (χ2n) is 3.94. The molecule has 0 saturated heterocycles. The quantitative estimate of drug-likeness (QED) is 0.933. The summed E-state index contributed by atoms with van der Waals surface area (Å²) in [5.74, 6) is -1.36. The molecule has 1 N–H and O–H groups in total. The summed E-state index contributed by atoms with van der Waals surface area (Å²) in [6.07, 6.45) is 0.531. The van der Waals surface area contributed by atoms with Crippen molar-refractivity contribution in [3.05, 3.63) is 40.7 Å². The van der Waals surface area contributed by atoms with E-state index in [1.807, 2.05) is 6.92 Å². The van der Waals surface area contributed by atoms with Gasteiger partial charge >= 0.3 is 5.97 Å². The Morgan fingerprint density at radius 2 is 2.16 bits per heavy atom. The third kappa shape index (κ3) is 2.58. The predicted molar refractivity (Wildman–Crippen MR) is 72.9 cm³/mol. The van der Waals surface area contributed by atoms with Crippen LogP contribution < -0.4 is 4.90 Å². The molecule has 4 nitrogen and oxygen atoms in total. The summed E-state index contributed by atoms with van der Waals surface area (Å²) in [6, 6.07) is 6.32. The van der Waals surface area contributed by atoms with Crippen LogP contribution in [0.1, 0.15) is 22.3 Å². The molecule has 1 heterocycles. The Labute approximate surface area is 114 Å². The number of nitrogens with zero attached hydrogens (tertiary/aromatic N) is 2. The zero-order valence-electron chi connectivity index (χ0n) is 10.6. The lowest BCUT2D eigenvalue weighted by molar-refractivity contribution is 0.0701. The summed E-state index contributed by atoms with van der Waals surface area (Å²) in [4.78, 5) is 17.1. The fourth-order valence-electron chi connectivity index (χ4n) is 1.72. The van der Waals surface area contributed by atoms with Crippen LogP contribution >= 0.6 is 11.3 Å². The number of anilines is 2. The van der Waals surface area contributed by atoms with Crippen molar-refractivity contribution in [2.45, 2.75) is 13.3 Å². The number of aromatic carboxylic acids is 1. The molecule has 6 heteroatoms. The van der Waals surface area contributed by atoms with Gasteiger partial charge in [-0.3, -0.25) is 0 Å². The van der Waals surface area contributed by atoms with Crippen LogP contribution in [0.5, 0.6) is 0 Å². The topological polar surface area (TPSA) is 53.4 Å². The molecule has 0 bridgehead atoms. The van der Waals surface area contributed by atoms with Gasteiger partial charge in [0.05, 0.1) is 11.4 Å². The number of hydrogen-bond donors (Lipinski definition) is 1. The normalized spacial score (nSPS) is 10.5. The molecule has 1 aromatic heterocycles. The molecule has 0 atom stereocenters. The number of para-hydroxylation sites is 1. The van der Waals surface area contributed by atoms with E-state index in [0.29, 0.717) is 22.9 Å². The standard InChI is InChI=1S/C13H13FN2O2S/c1-3-9-11(12(17)18)19-13(15-9)16(2)10-7-5-4-6-8(10)14/h4-7H,3H2,1-2H3,(H,17,18). The van der Waals surface area contributed by atoms with E-state index in [0.717, 1.165) is 11.3 Å². The second-order valence-corrected chi connectivity index (χ2v) is 4.92. The highest BCUT2D eigenvalue weighted by molar-refractivity contribution is 7.17. The lowest BCUT2D eigenvalue weighted by Gasteiger charge is -2.16. The van der Waals surface area contributed by atoms with Gasteiger partial charge in [0.2, 0.25) is 0 Å². The highest BCUT2D eigenvalue weighted by Crippen LogP contribution is 2.32. The van der Waals surface area contributed by atoms with Crippen molar-refractivity contribution >= 4 is 28.1 Å². The van der Waals surface area contributed by atoms with Crippen LogP contribution in [0.3, 0.4) is 0 Å². The number of carboxylic acid groups (broad SMARTS) is 1. The van der Waals surface area contributed by atoms with Crippen molar-refractivity contribution < 1.29 is 14.3 Å². The Morgan fingerprint density at radius 3 is 2.68 bits per heavy atom. The lowest BCUT2D eigenvalue weighted by Crippen LogP contribution is -2.10. The van der Waals surface area contributed by atoms with E-state index in [9.17, 15) is 9.18 Å². The van der Waals surface area contributed by atoms with Gasteiger partial charge in [0.1, 0.15) is 10.7 Å². The third-order valence-electron chi connectivity index (χ3n) is 2.72. The summed E-state index contributed by atoms with van der Waals surface area (Å²) in [5, 5.41) is 9.57. The molecular formula is C13H13FN2O2S. The number of hydrogen-bond acceptors (Lipinski definition) is 4.